The molecule has 1 aromatic carbocycles. The summed E-state index contributed by atoms with van der Waals surface area (Å²) in [6.07, 6.45) is 2.63. The van der Waals surface area contributed by atoms with E-state index in [2.05, 4.69) is 36.2 Å². The van der Waals surface area contributed by atoms with Gasteiger partial charge in [-0.2, -0.15) is 4.98 Å². The van der Waals surface area contributed by atoms with E-state index in [1.54, 1.807) is 6.26 Å². The van der Waals surface area contributed by atoms with Gasteiger partial charge in [0.05, 0.1) is 5.69 Å². The third kappa shape index (κ3) is 2.47. The summed E-state index contributed by atoms with van der Waals surface area (Å²) in [5, 5.41) is 0. The van der Waals surface area contributed by atoms with Crippen LogP contribution < -0.4 is 10.6 Å². The molecule has 2 aromatic rings. The molecule has 4 nitrogen and oxygen atoms in total. The molecule has 17 heavy (non-hydrogen) atoms. The summed E-state index contributed by atoms with van der Waals surface area (Å²) in [6.45, 7) is 2.53. The fourth-order valence-electron chi connectivity index (χ4n) is 1.61. The summed E-state index contributed by atoms with van der Waals surface area (Å²) < 4.78 is 5.36. The van der Waals surface area contributed by atoms with E-state index in [0.717, 1.165) is 17.8 Å². The van der Waals surface area contributed by atoms with Crippen molar-refractivity contribution in [2.45, 2.75) is 19.9 Å². The number of nitrogens with two attached hydrogens (primary N) is 1. The predicted molar refractivity (Wildman–Crippen MR) is 68.3 cm³/mol. The highest BCUT2D eigenvalue weighted by Crippen LogP contribution is 2.23. The van der Waals surface area contributed by atoms with Crippen LogP contribution in [0.5, 0.6) is 0 Å². The fourth-order valence-corrected chi connectivity index (χ4v) is 1.61. The first-order chi connectivity index (χ1) is 8.24. The summed E-state index contributed by atoms with van der Waals surface area (Å²) in [5.41, 5.74) is 8.63. The quantitative estimate of drug-likeness (QED) is 0.878. The third-order valence-electron chi connectivity index (χ3n) is 2.77. The zero-order chi connectivity index (χ0) is 12.3. The standard InChI is InChI=1S/C13H17N3O/c1-3-10-4-6-12(7-5-10)16(2)13-15-11(8-14)9-17-13/h4-7,9H,3,8,14H2,1-2H3. The van der Waals surface area contributed by atoms with Crippen LogP contribution in [0.2, 0.25) is 0 Å². The van der Waals surface area contributed by atoms with Crippen molar-refractivity contribution in [3.63, 3.8) is 0 Å². The van der Waals surface area contributed by atoms with Crippen LogP contribution in [-0.2, 0) is 13.0 Å². The SMILES string of the molecule is CCc1ccc(N(C)c2nc(CN)co2)cc1. The molecule has 0 spiro atoms. The maximum absolute atomic E-state index is 5.50. The maximum atomic E-state index is 5.50. The number of hydrogen-bond donors (Lipinski definition) is 1. The Hall–Kier alpha value is -1.81. The molecule has 1 aromatic heterocycles. The number of anilines is 2. The number of aromatic nitrogens is 1. The number of benzene rings is 1. The number of nitrogens with zero attached hydrogens (tertiary/aromatic N) is 2. The second-order valence-corrected chi connectivity index (χ2v) is 3.90. The highest BCUT2D eigenvalue weighted by molar-refractivity contribution is 5.55. The molecule has 2 rings (SSSR count). The Morgan fingerprint density at radius 1 is 1.29 bits per heavy atom. The molecular weight excluding hydrogens is 214 g/mol. The van der Waals surface area contributed by atoms with Crippen molar-refractivity contribution >= 4 is 11.7 Å². The molecule has 0 saturated heterocycles. The highest BCUT2D eigenvalue weighted by atomic mass is 16.4. The number of aryl methyl sites for hydroxylation is 1. The summed E-state index contributed by atoms with van der Waals surface area (Å²) in [7, 11) is 1.92. The molecule has 0 amide bonds. The van der Waals surface area contributed by atoms with Gasteiger partial charge in [-0.05, 0) is 24.1 Å². The van der Waals surface area contributed by atoms with Gasteiger partial charge in [0, 0.05) is 19.3 Å². The molecule has 0 unspecified atom stereocenters. The molecule has 0 atom stereocenters. The maximum Gasteiger partial charge on any atom is 0.301 e. The van der Waals surface area contributed by atoms with Crippen LogP contribution >= 0.6 is 0 Å². The third-order valence-corrected chi connectivity index (χ3v) is 2.77. The minimum atomic E-state index is 0.395. The Morgan fingerprint density at radius 3 is 2.53 bits per heavy atom. The second-order valence-electron chi connectivity index (χ2n) is 3.90. The first-order valence-corrected chi connectivity index (χ1v) is 5.71. The normalized spacial score (nSPS) is 10.5. The predicted octanol–water partition coefficient (Wildman–Crippen LogP) is 2.46. The van der Waals surface area contributed by atoms with Crippen molar-refractivity contribution in [1.82, 2.24) is 4.98 Å². The van der Waals surface area contributed by atoms with Gasteiger partial charge < -0.3 is 10.2 Å². The van der Waals surface area contributed by atoms with Crippen LogP contribution in [0.1, 0.15) is 18.2 Å². The molecule has 0 radical (unpaired) electrons. The summed E-state index contributed by atoms with van der Waals surface area (Å²) in [6, 6.07) is 8.91. The summed E-state index contributed by atoms with van der Waals surface area (Å²) in [4.78, 5) is 6.18. The molecule has 4 heteroatoms. The Labute approximate surface area is 101 Å². The molecule has 2 N–H and O–H groups in total. The van der Waals surface area contributed by atoms with E-state index in [4.69, 9.17) is 10.2 Å². The number of rotatable bonds is 4. The van der Waals surface area contributed by atoms with E-state index in [0.29, 0.717) is 12.6 Å². The zero-order valence-electron chi connectivity index (χ0n) is 10.2. The molecule has 0 bridgehead atoms. The lowest BCUT2D eigenvalue weighted by molar-refractivity contribution is 0.559. The van der Waals surface area contributed by atoms with Gasteiger partial charge in [0.25, 0.3) is 0 Å². The molecule has 1 heterocycles. The van der Waals surface area contributed by atoms with Crippen molar-refractivity contribution < 1.29 is 4.42 Å². The monoisotopic (exact) mass is 231 g/mol. The van der Waals surface area contributed by atoms with Crippen LogP contribution in [0.15, 0.2) is 34.9 Å². The van der Waals surface area contributed by atoms with Gasteiger partial charge in [0.2, 0.25) is 0 Å². The lowest BCUT2D eigenvalue weighted by atomic mass is 10.1. The Morgan fingerprint density at radius 2 is 2.00 bits per heavy atom. The second kappa shape index (κ2) is 5.01. The smallest absolute Gasteiger partial charge is 0.301 e. The first-order valence-electron chi connectivity index (χ1n) is 5.71. The van der Waals surface area contributed by atoms with Crippen molar-refractivity contribution in [2.75, 3.05) is 11.9 Å². The van der Waals surface area contributed by atoms with E-state index >= 15 is 0 Å². The number of hydrogen-bond acceptors (Lipinski definition) is 4. The Balaban J connectivity index is 2.20. The molecule has 0 aliphatic carbocycles. The number of oxazole rings is 1. The molecule has 0 aliphatic rings. The van der Waals surface area contributed by atoms with Gasteiger partial charge in [-0.15, -0.1) is 0 Å². The van der Waals surface area contributed by atoms with E-state index < -0.39 is 0 Å². The van der Waals surface area contributed by atoms with Crippen LogP contribution in [0, 0.1) is 0 Å². The highest BCUT2D eigenvalue weighted by Gasteiger charge is 2.09. The van der Waals surface area contributed by atoms with E-state index in [9.17, 15) is 0 Å². The average Bonchev–Trinajstić information content (AvgIpc) is 2.87. The Kier molecular flexibility index (Phi) is 3.44. The van der Waals surface area contributed by atoms with Crippen molar-refractivity contribution in [3.05, 3.63) is 41.8 Å². The van der Waals surface area contributed by atoms with Gasteiger partial charge in [-0.1, -0.05) is 19.1 Å². The van der Waals surface area contributed by atoms with E-state index in [1.807, 2.05) is 11.9 Å². The summed E-state index contributed by atoms with van der Waals surface area (Å²) in [5.74, 6) is 0. The average molecular weight is 231 g/mol. The minimum absolute atomic E-state index is 0.395. The lowest BCUT2D eigenvalue weighted by Crippen LogP contribution is -2.10. The van der Waals surface area contributed by atoms with Crippen molar-refractivity contribution in [2.24, 2.45) is 5.73 Å². The molecule has 0 aliphatic heterocycles. The molecule has 90 valence electrons. The fraction of sp³-hybridized carbons (Fsp3) is 0.308. The van der Waals surface area contributed by atoms with Gasteiger partial charge in [0.15, 0.2) is 0 Å². The molecule has 0 fully saturated rings. The molecular formula is C13H17N3O. The molecule has 0 saturated carbocycles. The van der Waals surface area contributed by atoms with Gasteiger partial charge in [-0.25, -0.2) is 0 Å². The Bertz CT molecular complexity index is 476. The largest absolute Gasteiger partial charge is 0.431 e. The van der Waals surface area contributed by atoms with Crippen LogP contribution in [0.4, 0.5) is 11.7 Å². The minimum Gasteiger partial charge on any atom is -0.431 e. The van der Waals surface area contributed by atoms with Gasteiger partial charge in [0.1, 0.15) is 6.26 Å². The van der Waals surface area contributed by atoms with Crippen LogP contribution in [0.25, 0.3) is 0 Å². The van der Waals surface area contributed by atoms with E-state index in [1.165, 1.54) is 5.56 Å². The van der Waals surface area contributed by atoms with Crippen LogP contribution in [0.3, 0.4) is 0 Å². The topological polar surface area (TPSA) is 55.3 Å². The first kappa shape index (κ1) is 11.7. The van der Waals surface area contributed by atoms with Crippen LogP contribution in [-0.4, -0.2) is 12.0 Å². The van der Waals surface area contributed by atoms with Crippen molar-refractivity contribution in [3.8, 4) is 0 Å². The van der Waals surface area contributed by atoms with Gasteiger partial charge >= 0.3 is 6.01 Å². The summed E-state index contributed by atoms with van der Waals surface area (Å²) >= 11 is 0. The van der Waals surface area contributed by atoms with E-state index in [-0.39, 0.29) is 0 Å². The lowest BCUT2D eigenvalue weighted by Gasteiger charge is -2.14. The zero-order valence-corrected chi connectivity index (χ0v) is 10.2. The van der Waals surface area contributed by atoms with Gasteiger partial charge in [-0.3, -0.25) is 4.90 Å². The van der Waals surface area contributed by atoms with Crippen molar-refractivity contribution in [1.29, 1.82) is 0 Å².